The Morgan fingerprint density at radius 3 is 2.55 bits per heavy atom. The number of nitrogens with one attached hydrogen (secondary N) is 1. The van der Waals surface area contributed by atoms with E-state index in [9.17, 15) is 4.79 Å². The molecule has 1 spiro atoms. The molecule has 1 saturated heterocycles. The second-order valence-electron chi connectivity index (χ2n) is 5.89. The van der Waals surface area contributed by atoms with Crippen LogP contribution in [0.25, 0.3) is 0 Å². The minimum Gasteiger partial charge on any atom is -0.321 e. The van der Waals surface area contributed by atoms with Crippen molar-refractivity contribution in [2.24, 2.45) is 0 Å². The van der Waals surface area contributed by atoms with Crippen LogP contribution in [0.5, 0.6) is 0 Å². The zero-order valence-electron chi connectivity index (χ0n) is 11.9. The summed E-state index contributed by atoms with van der Waals surface area (Å²) < 4.78 is 0. The van der Waals surface area contributed by atoms with Crippen molar-refractivity contribution in [3.63, 3.8) is 0 Å². The zero-order valence-corrected chi connectivity index (χ0v) is 12.6. The molecule has 3 nitrogen and oxygen atoms in total. The summed E-state index contributed by atoms with van der Waals surface area (Å²) >= 11 is 5.96. The molecule has 1 aromatic rings. The molecule has 1 heterocycles. The van der Waals surface area contributed by atoms with Gasteiger partial charge in [0.15, 0.2) is 0 Å². The highest BCUT2D eigenvalue weighted by molar-refractivity contribution is 6.30. The summed E-state index contributed by atoms with van der Waals surface area (Å²) in [6, 6.07) is 7.83. The summed E-state index contributed by atoms with van der Waals surface area (Å²) in [5, 5.41) is 4.35. The maximum Gasteiger partial charge on any atom is 0.244 e. The maximum absolute atomic E-state index is 12.8. The van der Waals surface area contributed by atoms with Crippen molar-refractivity contribution >= 4 is 17.5 Å². The molecule has 0 aromatic heterocycles. The lowest BCUT2D eigenvalue weighted by Gasteiger charge is -2.24. The van der Waals surface area contributed by atoms with E-state index in [4.69, 9.17) is 11.6 Å². The molecular weight excluding hydrogens is 272 g/mol. The number of hydrogen-bond donors (Lipinski definition) is 1. The first kappa shape index (κ1) is 13.9. The molecule has 1 N–H and O–H groups in total. The Hall–Kier alpha value is -1.06. The fourth-order valence-electron chi connectivity index (χ4n) is 3.51. The Morgan fingerprint density at radius 2 is 1.95 bits per heavy atom. The van der Waals surface area contributed by atoms with E-state index < -0.39 is 0 Å². The molecule has 1 saturated carbocycles. The number of halogens is 1. The van der Waals surface area contributed by atoms with E-state index in [1.807, 2.05) is 29.2 Å². The van der Waals surface area contributed by atoms with Gasteiger partial charge < -0.3 is 4.90 Å². The molecule has 108 valence electrons. The fraction of sp³-hybridized carbons (Fsp3) is 0.562. The number of rotatable bonds is 3. The predicted octanol–water partition coefficient (Wildman–Crippen LogP) is 3.49. The Labute approximate surface area is 125 Å². The smallest absolute Gasteiger partial charge is 0.244 e. The predicted molar refractivity (Wildman–Crippen MR) is 80.5 cm³/mol. The fourth-order valence-corrected chi connectivity index (χ4v) is 3.64. The molecule has 1 aromatic carbocycles. The molecule has 4 heteroatoms. The Kier molecular flexibility index (Phi) is 3.74. The summed E-state index contributed by atoms with van der Waals surface area (Å²) in [5.41, 5.74) is 0.819. The Morgan fingerprint density at radius 1 is 1.30 bits per heavy atom. The van der Waals surface area contributed by atoms with E-state index in [0.717, 1.165) is 49.2 Å². The van der Waals surface area contributed by atoms with E-state index in [1.54, 1.807) is 0 Å². The average Bonchev–Trinajstić information content (AvgIpc) is 3.02. The first-order chi connectivity index (χ1) is 9.66. The molecule has 20 heavy (non-hydrogen) atoms. The van der Waals surface area contributed by atoms with Crippen molar-refractivity contribution in [2.75, 3.05) is 6.54 Å². The van der Waals surface area contributed by atoms with Gasteiger partial charge in [0, 0.05) is 11.6 Å². The lowest BCUT2D eigenvalue weighted by molar-refractivity contribution is -0.133. The molecule has 1 amide bonds. The highest BCUT2D eigenvalue weighted by Gasteiger charge is 2.52. The van der Waals surface area contributed by atoms with Crippen molar-refractivity contribution in [1.29, 1.82) is 0 Å². The van der Waals surface area contributed by atoms with Crippen LogP contribution in [-0.4, -0.2) is 22.9 Å². The van der Waals surface area contributed by atoms with Gasteiger partial charge in [0.05, 0.1) is 5.54 Å². The van der Waals surface area contributed by atoms with Crippen LogP contribution in [0, 0.1) is 0 Å². The standard InChI is InChI=1S/C16H21ClN2O/c1-2-11-19-14(12-5-7-13(17)8-6-12)18-16(15(19)20)9-3-4-10-16/h5-8,14,18H,2-4,9-11H2,1H3. The second kappa shape index (κ2) is 5.38. The van der Waals surface area contributed by atoms with Crippen molar-refractivity contribution in [3.05, 3.63) is 34.9 Å². The third kappa shape index (κ3) is 2.23. The third-order valence-corrected chi connectivity index (χ3v) is 4.75. The largest absolute Gasteiger partial charge is 0.321 e. The van der Waals surface area contributed by atoms with Crippen LogP contribution in [0.15, 0.2) is 24.3 Å². The summed E-state index contributed by atoms with van der Waals surface area (Å²) in [5.74, 6) is 0.289. The lowest BCUT2D eigenvalue weighted by Crippen LogP contribution is -2.44. The molecule has 1 aliphatic carbocycles. The van der Waals surface area contributed by atoms with Crippen LogP contribution in [0.4, 0.5) is 0 Å². The topological polar surface area (TPSA) is 32.3 Å². The van der Waals surface area contributed by atoms with Gasteiger partial charge >= 0.3 is 0 Å². The molecule has 2 fully saturated rings. The third-order valence-electron chi connectivity index (χ3n) is 4.50. The van der Waals surface area contributed by atoms with Gasteiger partial charge in [-0.25, -0.2) is 0 Å². The van der Waals surface area contributed by atoms with Gasteiger partial charge in [0.1, 0.15) is 6.17 Å². The minimum atomic E-state index is -0.306. The van der Waals surface area contributed by atoms with E-state index in [2.05, 4.69) is 12.2 Å². The Balaban J connectivity index is 1.92. The van der Waals surface area contributed by atoms with Gasteiger partial charge in [0.2, 0.25) is 5.91 Å². The number of amides is 1. The van der Waals surface area contributed by atoms with Gasteiger partial charge in [-0.3, -0.25) is 10.1 Å². The van der Waals surface area contributed by atoms with Crippen molar-refractivity contribution in [3.8, 4) is 0 Å². The number of benzene rings is 1. The van der Waals surface area contributed by atoms with Crippen molar-refractivity contribution in [1.82, 2.24) is 10.2 Å². The Bertz CT molecular complexity index is 494. The van der Waals surface area contributed by atoms with Crippen molar-refractivity contribution < 1.29 is 4.79 Å². The summed E-state index contributed by atoms with van der Waals surface area (Å²) in [6.07, 6.45) is 5.20. The van der Waals surface area contributed by atoms with Gasteiger partial charge in [-0.2, -0.15) is 0 Å². The molecule has 3 rings (SSSR count). The van der Waals surface area contributed by atoms with Crippen LogP contribution in [0.2, 0.25) is 5.02 Å². The first-order valence-electron chi connectivity index (χ1n) is 7.50. The van der Waals surface area contributed by atoms with Gasteiger partial charge in [-0.1, -0.05) is 43.5 Å². The van der Waals surface area contributed by atoms with Gasteiger partial charge in [0.25, 0.3) is 0 Å². The van der Waals surface area contributed by atoms with E-state index in [0.29, 0.717) is 0 Å². The molecule has 2 aliphatic rings. The minimum absolute atomic E-state index is 0.00202. The normalized spacial score (nSPS) is 24.8. The van der Waals surface area contributed by atoms with E-state index in [1.165, 1.54) is 0 Å². The van der Waals surface area contributed by atoms with Crippen LogP contribution in [-0.2, 0) is 4.79 Å². The summed E-state index contributed by atoms with van der Waals surface area (Å²) in [6.45, 7) is 2.92. The SMILES string of the molecule is CCCN1C(=O)C2(CCCC2)NC1c1ccc(Cl)cc1. The van der Waals surface area contributed by atoms with Crippen LogP contribution in [0.3, 0.4) is 0 Å². The van der Waals surface area contributed by atoms with Gasteiger partial charge in [-0.15, -0.1) is 0 Å². The number of nitrogens with zero attached hydrogens (tertiary/aromatic N) is 1. The zero-order chi connectivity index (χ0) is 14.2. The summed E-state index contributed by atoms with van der Waals surface area (Å²) in [4.78, 5) is 14.8. The highest BCUT2D eigenvalue weighted by atomic mass is 35.5. The van der Waals surface area contributed by atoms with Crippen LogP contribution >= 0.6 is 11.6 Å². The van der Waals surface area contributed by atoms with E-state index in [-0.39, 0.29) is 17.6 Å². The van der Waals surface area contributed by atoms with Crippen LogP contribution in [0.1, 0.15) is 50.8 Å². The maximum atomic E-state index is 12.8. The second-order valence-corrected chi connectivity index (χ2v) is 6.32. The first-order valence-corrected chi connectivity index (χ1v) is 7.88. The lowest BCUT2D eigenvalue weighted by atomic mass is 9.98. The van der Waals surface area contributed by atoms with Crippen LogP contribution < -0.4 is 5.32 Å². The van der Waals surface area contributed by atoms with E-state index >= 15 is 0 Å². The monoisotopic (exact) mass is 292 g/mol. The molecule has 1 unspecified atom stereocenters. The molecule has 1 aliphatic heterocycles. The highest BCUT2D eigenvalue weighted by Crippen LogP contribution is 2.40. The average molecular weight is 293 g/mol. The van der Waals surface area contributed by atoms with Gasteiger partial charge in [-0.05, 0) is 37.0 Å². The quantitative estimate of drug-likeness (QED) is 0.925. The molecule has 1 atom stereocenters. The number of hydrogen-bond acceptors (Lipinski definition) is 2. The molecular formula is C16H21ClN2O. The number of carbonyl (C=O) groups is 1. The molecule has 0 radical (unpaired) electrons. The summed E-state index contributed by atoms with van der Waals surface area (Å²) in [7, 11) is 0. The number of carbonyl (C=O) groups excluding carboxylic acids is 1. The van der Waals surface area contributed by atoms with Crippen molar-refractivity contribution in [2.45, 2.75) is 50.7 Å². The molecule has 0 bridgehead atoms.